The Kier molecular flexibility index (Phi) is 5.91. The van der Waals surface area contributed by atoms with E-state index in [-0.39, 0.29) is 12.3 Å². The molecule has 0 saturated carbocycles. The van der Waals surface area contributed by atoms with Gasteiger partial charge in [-0.15, -0.1) is 0 Å². The molecule has 0 aliphatic rings. The van der Waals surface area contributed by atoms with Gasteiger partial charge in [-0.25, -0.2) is 4.57 Å². The third-order valence-electron chi connectivity index (χ3n) is 2.32. The molecule has 13 heteroatoms. The summed E-state index contributed by atoms with van der Waals surface area (Å²) in [7, 11) is -4.79. The maximum atomic E-state index is 10.9. The average molecular weight is 337 g/mol. The predicted octanol–water partition coefficient (Wildman–Crippen LogP) is 0.318. The van der Waals surface area contributed by atoms with Gasteiger partial charge in [-0.3, -0.25) is 24.8 Å². The van der Waals surface area contributed by atoms with E-state index in [1.165, 1.54) is 0 Å². The quantitative estimate of drug-likeness (QED) is 0.338. The number of nitro groups is 2. The topological polar surface area (TPSA) is 188 Å². The van der Waals surface area contributed by atoms with Gasteiger partial charge in [0.25, 0.3) is 5.69 Å². The number of nitrogens with two attached hydrogens (primary N) is 1. The standard InChI is InChI=1S/C9H12N3O9P/c10-4-7(21-22(17,18)19)5-20-9-2-1-6(11(13)14)3-8(9)12(15)16/h1-3,7H,4-5,10H2,(H2,17,18,19). The monoisotopic (exact) mass is 337 g/mol. The minimum atomic E-state index is -4.79. The van der Waals surface area contributed by atoms with Crippen molar-refractivity contribution in [3.05, 3.63) is 38.4 Å². The Morgan fingerprint density at radius 3 is 2.36 bits per heavy atom. The number of ether oxygens (including phenoxy) is 1. The van der Waals surface area contributed by atoms with Crippen LogP contribution in [-0.4, -0.2) is 38.9 Å². The fourth-order valence-corrected chi connectivity index (χ4v) is 1.94. The van der Waals surface area contributed by atoms with Crippen molar-refractivity contribution in [3.8, 4) is 5.75 Å². The number of nitrogens with zero attached hydrogens (tertiary/aromatic N) is 2. The van der Waals surface area contributed by atoms with E-state index >= 15 is 0 Å². The summed E-state index contributed by atoms with van der Waals surface area (Å²) in [6.45, 7) is -0.799. The molecule has 1 unspecified atom stereocenters. The van der Waals surface area contributed by atoms with Crippen molar-refractivity contribution in [1.82, 2.24) is 0 Å². The third kappa shape index (κ3) is 5.35. The third-order valence-corrected chi connectivity index (χ3v) is 2.90. The number of hydrogen-bond donors (Lipinski definition) is 3. The molecule has 0 spiro atoms. The maximum Gasteiger partial charge on any atom is 0.470 e. The van der Waals surface area contributed by atoms with Crippen LogP contribution in [0, 0.1) is 20.2 Å². The van der Waals surface area contributed by atoms with Gasteiger partial charge in [-0.05, 0) is 6.07 Å². The van der Waals surface area contributed by atoms with E-state index in [1.54, 1.807) is 0 Å². The van der Waals surface area contributed by atoms with Gasteiger partial charge >= 0.3 is 13.5 Å². The Morgan fingerprint density at radius 2 is 1.91 bits per heavy atom. The average Bonchev–Trinajstić information content (AvgIpc) is 2.41. The summed E-state index contributed by atoms with van der Waals surface area (Å²) < 4.78 is 20.0. The second kappa shape index (κ2) is 7.24. The molecule has 0 aliphatic heterocycles. The minimum Gasteiger partial charge on any atom is -0.484 e. The van der Waals surface area contributed by atoms with Crippen LogP contribution in [0.15, 0.2) is 18.2 Å². The first-order valence-electron chi connectivity index (χ1n) is 5.63. The number of non-ortho nitro benzene ring substituents is 1. The van der Waals surface area contributed by atoms with Gasteiger partial charge in [-0.2, -0.15) is 0 Å². The Morgan fingerprint density at radius 1 is 1.27 bits per heavy atom. The molecule has 0 fully saturated rings. The van der Waals surface area contributed by atoms with Crippen LogP contribution in [0.5, 0.6) is 5.75 Å². The van der Waals surface area contributed by atoms with Crippen molar-refractivity contribution in [3.63, 3.8) is 0 Å². The summed E-state index contributed by atoms with van der Waals surface area (Å²) in [6, 6.07) is 2.70. The Labute approximate surface area is 123 Å². The van der Waals surface area contributed by atoms with Crippen molar-refractivity contribution in [2.75, 3.05) is 13.2 Å². The van der Waals surface area contributed by atoms with Crippen LogP contribution in [0.4, 0.5) is 11.4 Å². The number of phosphoric ester groups is 1. The molecular weight excluding hydrogens is 325 g/mol. The van der Waals surface area contributed by atoms with E-state index in [0.29, 0.717) is 6.07 Å². The molecule has 0 heterocycles. The summed E-state index contributed by atoms with van der Waals surface area (Å²) in [6.07, 6.45) is -1.21. The van der Waals surface area contributed by atoms with Crippen LogP contribution in [0.1, 0.15) is 0 Å². The van der Waals surface area contributed by atoms with Crippen LogP contribution in [0.25, 0.3) is 0 Å². The first-order valence-corrected chi connectivity index (χ1v) is 7.16. The van der Waals surface area contributed by atoms with E-state index in [0.717, 1.165) is 12.1 Å². The van der Waals surface area contributed by atoms with E-state index < -0.39 is 41.8 Å². The summed E-state index contributed by atoms with van der Waals surface area (Å²) in [5.41, 5.74) is 4.07. The van der Waals surface area contributed by atoms with Crippen LogP contribution in [-0.2, 0) is 9.09 Å². The number of hydrogen-bond acceptors (Lipinski definition) is 8. The summed E-state index contributed by atoms with van der Waals surface area (Å²) in [5, 5.41) is 21.4. The molecule has 1 aromatic rings. The SMILES string of the molecule is NCC(COc1ccc([N+](=O)[O-])cc1[N+](=O)[O-])OP(=O)(O)O. The number of nitro benzene ring substituents is 2. The lowest BCUT2D eigenvalue weighted by Crippen LogP contribution is -2.29. The predicted molar refractivity (Wildman–Crippen MR) is 71.2 cm³/mol. The van der Waals surface area contributed by atoms with E-state index in [2.05, 4.69) is 4.52 Å². The van der Waals surface area contributed by atoms with Crippen LogP contribution in [0.3, 0.4) is 0 Å². The molecule has 0 radical (unpaired) electrons. The molecule has 1 atom stereocenters. The molecule has 4 N–H and O–H groups in total. The second-order valence-electron chi connectivity index (χ2n) is 3.93. The second-order valence-corrected chi connectivity index (χ2v) is 5.12. The zero-order valence-electron chi connectivity index (χ0n) is 10.9. The largest absolute Gasteiger partial charge is 0.484 e. The van der Waals surface area contributed by atoms with E-state index in [9.17, 15) is 24.8 Å². The lowest BCUT2D eigenvalue weighted by molar-refractivity contribution is -0.394. The highest BCUT2D eigenvalue weighted by atomic mass is 31.2. The Hall–Kier alpha value is -2.11. The van der Waals surface area contributed by atoms with Gasteiger partial charge in [-0.1, -0.05) is 0 Å². The summed E-state index contributed by atoms with van der Waals surface area (Å²) >= 11 is 0. The molecule has 0 amide bonds. The van der Waals surface area contributed by atoms with Crippen molar-refractivity contribution in [2.45, 2.75) is 6.10 Å². The molecule has 0 aromatic heterocycles. The van der Waals surface area contributed by atoms with Gasteiger partial charge < -0.3 is 20.3 Å². The Bertz CT molecular complexity index is 616. The first kappa shape index (κ1) is 17.9. The van der Waals surface area contributed by atoms with Crippen molar-refractivity contribution < 1.29 is 33.5 Å². The number of phosphoric acid groups is 1. The highest BCUT2D eigenvalue weighted by molar-refractivity contribution is 7.46. The molecule has 0 bridgehead atoms. The van der Waals surface area contributed by atoms with Crippen LogP contribution >= 0.6 is 7.82 Å². The summed E-state index contributed by atoms with van der Waals surface area (Å²) in [4.78, 5) is 37.0. The van der Waals surface area contributed by atoms with Gasteiger partial charge in [0.1, 0.15) is 12.7 Å². The van der Waals surface area contributed by atoms with E-state index in [1.807, 2.05) is 0 Å². The zero-order chi connectivity index (χ0) is 16.9. The molecule has 0 aliphatic carbocycles. The van der Waals surface area contributed by atoms with Crippen molar-refractivity contribution >= 4 is 19.2 Å². The van der Waals surface area contributed by atoms with Crippen LogP contribution in [0.2, 0.25) is 0 Å². The minimum absolute atomic E-state index is 0.314. The van der Waals surface area contributed by atoms with Gasteiger partial charge in [0.2, 0.25) is 0 Å². The van der Waals surface area contributed by atoms with Crippen molar-refractivity contribution in [2.24, 2.45) is 5.73 Å². The van der Waals surface area contributed by atoms with Crippen molar-refractivity contribution in [1.29, 1.82) is 0 Å². The lowest BCUT2D eigenvalue weighted by Gasteiger charge is -2.16. The van der Waals surface area contributed by atoms with E-state index in [4.69, 9.17) is 20.3 Å². The fourth-order valence-electron chi connectivity index (χ4n) is 1.40. The zero-order valence-corrected chi connectivity index (χ0v) is 11.8. The fraction of sp³-hybridized carbons (Fsp3) is 0.333. The highest BCUT2D eigenvalue weighted by Crippen LogP contribution is 2.38. The first-order chi connectivity index (χ1) is 10.1. The smallest absolute Gasteiger partial charge is 0.470 e. The van der Waals surface area contributed by atoms with Crippen LogP contribution < -0.4 is 10.5 Å². The maximum absolute atomic E-state index is 10.9. The molecule has 0 saturated heterocycles. The summed E-state index contributed by atoms with van der Waals surface area (Å²) in [5.74, 6) is -0.316. The Balaban J connectivity index is 2.90. The number of benzene rings is 1. The molecule has 1 rings (SSSR count). The van der Waals surface area contributed by atoms with Gasteiger partial charge in [0, 0.05) is 12.6 Å². The molecule has 122 valence electrons. The normalized spacial score (nSPS) is 12.7. The molecule has 12 nitrogen and oxygen atoms in total. The molecule has 1 aromatic carbocycles. The van der Waals surface area contributed by atoms with Gasteiger partial charge in [0.15, 0.2) is 5.75 Å². The van der Waals surface area contributed by atoms with Gasteiger partial charge in [0.05, 0.1) is 15.9 Å². The highest BCUT2D eigenvalue weighted by Gasteiger charge is 2.24. The number of rotatable bonds is 8. The molecule has 22 heavy (non-hydrogen) atoms. The molecular formula is C9H12N3O9P. The lowest BCUT2D eigenvalue weighted by atomic mass is 10.2.